The predicted octanol–water partition coefficient (Wildman–Crippen LogP) is 7.57. The summed E-state index contributed by atoms with van der Waals surface area (Å²) >= 11 is 12.6. The SMILES string of the molecule is C=CC[C@@]1(C)C[C@H](c2cccc(Cl)c2)C(c2ccc(Cl)cc2)N([C@@H](CC)CC(C)(C)O)C1=O. The lowest BCUT2D eigenvalue weighted by molar-refractivity contribution is -0.156. The molecule has 5 heteroatoms. The fraction of sp³-hybridized carbons (Fsp3) is 0.464. The number of carbonyl (C=O) groups excluding carboxylic acids is 1. The second kappa shape index (κ2) is 10.2. The van der Waals surface area contributed by atoms with Crippen LogP contribution in [0.1, 0.15) is 76.5 Å². The molecule has 0 aromatic heterocycles. The topological polar surface area (TPSA) is 40.5 Å². The zero-order chi connectivity index (χ0) is 24.4. The van der Waals surface area contributed by atoms with Crippen LogP contribution in [0, 0.1) is 5.41 Å². The Balaban J connectivity index is 2.23. The number of amides is 1. The summed E-state index contributed by atoms with van der Waals surface area (Å²) in [6, 6.07) is 15.4. The largest absolute Gasteiger partial charge is 0.390 e. The third-order valence-corrected chi connectivity index (χ3v) is 7.27. The molecule has 2 aromatic carbocycles. The lowest BCUT2D eigenvalue weighted by atomic mass is 9.66. The first-order valence-corrected chi connectivity index (χ1v) is 12.4. The van der Waals surface area contributed by atoms with E-state index in [1.165, 1.54) is 0 Å². The Kier molecular flexibility index (Phi) is 7.99. The fourth-order valence-corrected chi connectivity index (χ4v) is 5.63. The number of likely N-dealkylation sites (tertiary alicyclic amines) is 1. The van der Waals surface area contributed by atoms with Gasteiger partial charge in [-0.2, -0.15) is 0 Å². The molecule has 0 aliphatic carbocycles. The minimum atomic E-state index is -0.899. The number of nitrogens with zero attached hydrogens (tertiary/aromatic N) is 1. The molecular formula is C28H35Cl2NO2. The van der Waals surface area contributed by atoms with Crippen LogP contribution in [0.2, 0.25) is 10.0 Å². The van der Waals surface area contributed by atoms with E-state index in [0.29, 0.717) is 29.3 Å². The molecule has 0 bridgehead atoms. The van der Waals surface area contributed by atoms with E-state index in [1.54, 1.807) is 13.8 Å². The maximum atomic E-state index is 14.2. The molecule has 33 heavy (non-hydrogen) atoms. The molecule has 178 valence electrons. The molecule has 1 aliphatic heterocycles. The highest BCUT2D eigenvalue weighted by atomic mass is 35.5. The van der Waals surface area contributed by atoms with Crippen molar-refractivity contribution in [1.82, 2.24) is 4.90 Å². The fourth-order valence-electron chi connectivity index (χ4n) is 5.30. The smallest absolute Gasteiger partial charge is 0.229 e. The van der Waals surface area contributed by atoms with Crippen molar-refractivity contribution in [2.75, 3.05) is 0 Å². The average molecular weight is 488 g/mol. The van der Waals surface area contributed by atoms with Crippen molar-refractivity contribution in [1.29, 1.82) is 0 Å². The van der Waals surface area contributed by atoms with E-state index in [9.17, 15) is 9.90 Å². The highest BCUT2D eigenvalue weighted by Gasteiger charge is 2.51. The van der Waals surface area contributed by atoms with E-state index in [-0.39, 0.29) is 23.9 Å². The Morgan fingerprint density at radius 2 is 1.85 bits per heavy atom. The highest BCUT2D eigenvalue weighted by molar-refractivity contribution is 6.30. The molecule has 3 nitrogen and oxygen atoms in total. The molecule has 1 aliphatic rings. The monoisotopic (exact) mass is 487 g/mol. The lowest BCUT2D eigenvalue weighted by Gasteiger charge is -2.52. The zero-order valence-corrected chi connectivity index (χ0v) is 21.5. The molecule has 0 radical (unpaired) electrons. The Hall–Kier alpha value is -1.81. The van der Waals surface area contributed by atoms with Gasteiger partial charge in [0, 0.05) is 22.0 Å². The minimum Gasteiger partial charge on any atom is -0.390 e. The summed E-state index contributed by atoms with van der Waals surface area (Å²) in [6.07, 6.45) is 4.34. The summed E-state index contributed by atoms with van der Waals surface area (Å²) in [7, 11) is 0. The van der Waals surface area contributed by atoms with E-state index in [0.717, 1.165) is 17.5 Å². The van der Waals surface area contributed by atoms with Gasteiger partial charge < -0.3 is 10.0 Å². The summed E-state index contributed by atoms with van der Waals surface area (Å²) in [5, 5.41) is 12.0. The van der Waals surface area contributed by atoms with Crippen LogP contribution in [0.25, 0.3) is 0 Å². The molecule has 1 fully saturated rings. The van der Waals surface area contributed by atoms with Crippen LogP contribution < -0.4 is 0 Å². The second-order valence-electron chi connectivity index (χ2n) is 10.2. The Morgan fingerprint density at radius 3 is 2.39 bits per heavy atom. The van der Waals surface area contributed by atoms with Crippen LogP contribution in [0.5, 0.6) is 0 Å². The number of hydrogen-bond acceptors (Lipinski definition) is 2. The van der Waals surface area contributed by atoms with Crippen LogP contribution in [-0.2, 0) is 4.79 Å². The van der Waals surface area contributed by atoms with Gasteiger partial charge in [0.05, 0.1) is 17.1 Å². The molecule has 1 saturated heterocycles. The standard InChI is InChI=1S/C28H35Cl2NO2/c1-6-15-28(5)18-24(20-9-8-10-22(30)16-20)25(19-11-13-21(29)14-12-19)31(26(28)32)23(7-2)17-27(3,4)33/h6,8-14,16,23-25,33H,1,7,15,17-18H2,2-5H3/t23-,24+,25?,28-/m0/s1. The van der Waals surface area contributed by atoms with Gasteiger partial charge in [0.15, 0.2) is 0 Å². The quantitative estimate of drug-likeness (QED) is 0.389. The molecule has 3 rings (SSSR count). The summed E-state index contributed by atoms with van der Waals surface area (Å²) in [6.45, 7) is 11.7. The molecule has 2 aromatic rings. The number of benzene rings is 2. The summed E-state index contributed by atoms with van der Waals surface area (Å²) in [4.78, 5) is 16.2. The molecule has 0 saturated carbocycles. The first kappa shape index (κ1) is 25.8. The Morgan fingerprint density at radius 1 is 1.18 bits per heavy atom. The van der Waals surface area contributed by atoms with Crippen LogP contribution >= 0.6 is 23.2 Å². The van der Waals surface area contributed by atoms with Gasteiger partial charge in [-0.15, -0.1) is 6.58 Å². The van der Waals surface area contributed by atoms with Gasteiger partial charge in [-0.3, -0.25) is 4.79 Å². The number of aliphatic hydroxyl groups is 1. The molecule has 4 atom stereocenters. The molecule has 1 unspecified atom stereocenters. The third kappa shape index (κ3) is 5.82. The summed E-state index contributed by atoms with van der Waals surface area (Å²) in [5.74, 6) is 0.139. The predicted molar refractivity (Wildman–Crippen MR) is 138 cm³/mol. The van der Waals surface area contributed by atoms with Crippen molar-refractivity contribution in [3.63, 3.8) is 0 Å². The first-order chi connectivity index (χ1) is 15.5. The normalized spacial score (nSPS) is 24.6. The van der Waals surface area contributed by atoms with Gasteiger partial charge in [0.25, 0.3) is 0 Å². The van der Waals surface area contributed by atoms with E-state index >= 15 is 0 Å². The minimum absolute atomic E-state index is 0.0309. The molecule has 1 heterocycles. The van der Waals surface area contributed by atoms with Crippen LogP contribution in [0.3, 0.4) is 0 Å². The van der Waals surface area contributed by atoms with Gasteiger partial charge >= 0.3 is 0 Å². The van der Waals surface area contributed by atoms with Gasteiger partial charge in [-0.05, 0) is 74.9 Å². The van der Waals surface area contributed by atoms with Crippen molar-refractivity contribution in [2.24, 2.45) is 5.41 Å². The third-order valence-electron chi connectivity index (χ3n) is 6.79. The second-order valence-corrected chi connectivity index (χ2v) is 11.1. The van der Waals surface area contributed by atoms with Gasteiger partial charge in [-0.25, -0.2) is 0 Å². The number of rotatable bonds is 8. The van der Waals surface area contributed by atoms with Crippen molar-refractivity contribution in [3.8, 4) is 0 Å². The van der Waals surface area contributed by atoms with E-state index in [4.69, 9.17) is 23.2 Å². The van der Waals surface area contributed by atoms with E-state index in [1.807, 2.05) is 60.4 Å². The average Bonchev–Trinajstić information content (AvgIpc) is 2.74. The highest BCUT2D eigenvalue weighted by Crippen LogP contribution is 2.52. The lowest BCUT2D eigenvalue weighted by Crippen LogP contribution is -2.56. The van der Waals surface area contributed by atoms with Crippen LogP contribution in [0.15, 0.2) is 61.2 Å². The molecule has 1 amide bonds. The number of carbonyl (C=O) groups is 1. The molecule has 0 spiro atoms. The molecular weight excluding hydrogens is 453 g/mol. The number of allylic oxidation sites excluding steroid dienone is 1. The van der Waals surface area contributed by atoms with Gasteiger partial charge in [0.1, 0.15) is 0 Å². The van der Waals surface area contributed by atoms with Gasteiger partial charge in [0.2, 0.25) is 5.91 Å². The maximum Gasteiger partial charge on any atom is 0.229 e. The van der Waals surface area contributed by atoms with Crippen molar-refractivity contribution >= 4 is 29.1 Å². The summed E-state index contributed by atoms with van der Waals surface area (Å²) in [5.41, 5.74) is 0.648. The van der Waals surface area contributed by atoms with Crippen molar-refractivity contribution in [3.05, 3.63) is 82.4 Å². The summed E-state index contributed by atoms with van der Waals surface area (Å²) < 4.78 is 0. The number of hydrogen-bond donors (Lipinski definition) is 1. The van der Waals surface area contributed by atoms with Crippen molar-refractivity contribution in [2.45, 2.75) is 77.0 Å². The van der Waals surface area contributed by atoms with Crippen LogP contribution in [-0.4, -0.2) is 27.6 Å². The molecule has 1 N–H and O–H groups in total. The Labute approximate surface area is 208 Å². The number of halogens is 2. The Bertz CT molecular complexity index is 982. The maximum absolute atomic E-state index is 14.2. The van der Waals surface area contributed by atoms with E-state index in [2.05, 4.69) is 19.6 Å². The van der Waals surface area contributed by atoms with Gasteiger partial charge in [-0.1, -0.05) is 67.4 Å². The first-order valence-electron chi connectivity index (χ1n) is 11.7. The zero-order valence-electron chi connectivity index (χ0n) is 20.0. The van der Waals surface area contributed by atoms with Crippen molar-refractivity contribution < 1.29 is 9.90 Å². The number of piperidine rings is 1. The van der Waals surface area contributed by atoms with E-state index < -0.39 is 11.0 Å². The van der Waals surface area contributed by atoms with Crippen LogP contribution in [0.4, 0.5) is 0 Å².